The molecule has 176 valence electrons. The molecule has 0 bridgehead atoms. The molecule has 3 aliphatic rings. The van der Waals surface area contributed by atoms with Gasteiger partial charge in [0.25, 0.3) is 11.8 Å². The summed E-state index contributed by atoms with van der Waals surface area (Å²) < 4.78 is 0. The number of likely N-dealkylation sites (tertiary alicyclic amines) is 2. The molecular formula is C24H36IN5O2. The quantitative estimate of drug-likeness (QED) is 0.176. The van der Waals surface area contributed by atoms with Crippen molar-refractivity contribution in [3.63, 3.8) is 0 Å². The van der Waals surface area contributed by atoms with Crippen molar-refractivity contribution in [3.05, 3.63) is 35.4 Å². The predicted molar refractivity (Wildman–Crippen MR) is 138 cm³/mol. The lowest BCUT2D eigenvalue weighted by Gasteiger charge is -2.23. The van der Waals surface area contributed by atoms with Gasteiger partial charge in [0.15, 0.2) is 5.96 Å². The maximum absolute atomic E-state index is 12.5. The van der Waals surface area contributed by atoms with Crippen molar-refractivity contribution in [1.82, 2.24) is 20.0 Å². The van der Waals surface area contributed by atoms with Crippen molar-refractivity contribution in [2.75, 3.05) is 52.4 Å². The van der Waals surface area contributed by atoms with Crippen molar-refractivity contribution >= 4 is 41.8 Å². The van der Waals surface area contributed by atoms with E-state index in [0.717, 1.165) is 44.4 Å². The molecule has 0 aliphatic carbocycles. The van der Waals surface area contributed by atoms with Gasteiger partial charge in [0, 0.05) is 39.3 Å². The van der Waals surface area contributed by atoms with Crippen LogP contribution in [0.3, 0.4) is 0 Å². The molecule has 1 N–H and O–H groups in total. The van der Waals surface area contributed by atoms with Crippen molar-refractivity contribution in [1.29, 1.82) is 0 Å². The number of carbonyl (C=O) groups excluding carboxylic acids is 2. The Morgan fingerprint density at radius 3 is 2.41 bits per heavy atom. The van der Waals surface area contributed by atoms with Gasteiger partial charge in [-0.1, -0.05) is 12.1 Å². The van der Waals surface area contributed by atoms with Crippen molar-refractivity contribution in [3.8, 4) is 0 Å². The van der Waals surface area contributed by atoms with Crippen LogP contribution in [0, 0.1) is 5.92 Å². The molecule has 0 saturated carbocycles. The Labute approximate surface area is 208 Å². The molecule has 0 aromatic heterocycles. The molecule has 32 heavy (non-hydrogen) atoms. The summed E-state index contributed by atoms with van der Waals surface area (Å²) in [6.07, 6.45) is 5.56. The number of hydrogen-bond donors (Lipinski definition) is 1. The van der Waals surface area contributed by atoms with E-state index >= 15 is 0 Å². The van der Waals surface area contributed by atoms with Crippen LogP contribution in [0.1, 0.15) is 59.7 Å². The van der Waals surface area contributed by atoms with E-state index in [1.54, 1.807) is 24.3 Å². The molecule has 4 rings (SSSR count). The number of rotatable bonds is 8. The number of halogens is 1. The summed E-state index contributed by atoms with van der Waals surface area (Å²) in [5, 5.41) is 3.44. The lowest BCUT2D eigenvalue weighted by molar-refractivity contribution is 0.0652. The fourth-order valence-electron chi connectivity index (χ4n) is 4.94. The largest absolute Gasteiger partial charge is 0.357 e. The highest BCUT2D eigenvalue weighted by atomic mass is 127. The third-order valence-electron chi connectivity index (χ3n) is 6.56. The van der Waals surface area contributed by atoms with Gasteiger partial charge in [-0.2, -0.15) is 0 Å². The Kier molecular flexibility index (Phi) is 9.34. The molecular weight excluding hydrogens is 517 g/mol. The van der Waals surface area contributed by atoms with Crippen LogP contribution >= 0.6 is 24.0 Å². The van der Waals surface area contributed by atoms with Crippen LogP contribution in [0.5, 0.6) is 0 Å². The zero-order valence-corrected chi connectivity index (χ0v) is 21.4. The molecule has 1 unspecified atom stereocenters. The van der Waals surface area contributed by atoms with E-state index in [2.05, 4.69) is 22.0 Å². The Morgan fingerprint density at radius 2 is 1.75 bits per heavy atom. The van der Waals surface area contributed by atoms with Crippen molar-refractivity contribution in [2.24, 2.45) is 10.9 Å². The van der Waals surface area contributed by atoms with Gasteiger partial charge in [-0.05, 0) is 70.2 Å². The number of guanidine groups is 1. The number of hydrogen-bond acceptors (Lipinski definition) is 4. The standard InChI is InChI=1S/C24H35N5O2.HI/c1-2-25-24(28-16-11-19(18-28)17-27-13-7-8-14-27)26-12-5-6-15-29-22(30)20-9-3-4-10-21(20)23(29)31;/h3-4,9-10,19H,2,5-8,11-18H2,1H3,(H,25,26);1H. The number of benzene rings is 1. The second-order valence-electron chi connectivity index (χ2n) is 8.86. The first kappa shape index (κ1) is 25.0. The molecule has 1 aromatic rings. The van der Waals surface area contributed by atoms with Crippen LogP contribution < -0.4 is 5.32 Å². The molecule has 1 atom stereocenters. The highest BCUT2D eigenvalue weighted by molar-refractivity contribution is 14.0. The average molecular weight is 553 g/mol. The Morgan fingerprint density at radius 1 is 1.06 bits per heavy atom. The van der Waals surface area contributed by atoms with Gasteiger partial charge in [-0.3, -0.25) is 19.5 Å². The summed E-state index contributed by atoms with van der Waals surface area (Å²) in [7, 11) is 0. The Hall–Kier alpha value is -1.68. The number of aliphatic imine (C=N–C) groups is 1. The molecule has 0 radical (unpaired) electrons. The number of nitrogens with zero attached hydrogens (tertiary/aromatic N) is 4. The van der Waals surface area contributed by atoms with Gasteiger partial charge < -0.3 is 15.1 Å². The third kappa shape index (κ3) is 5.81. The van der Waals surface area contributed by atoms with Crippen LogP contribution in [0.2, 0.25) is 0 Å². The number of unbranched alkanes of at least 4 members (excludes halogenated alkanes) is 1. The topological polar surface area (TPSA) is 68.2 Å². The molecule has 2 amide bonds. The lowest BCUT2D eigenvalue weighted by Crippen LogP contribution is -2.40. The van der Waals surface area contributed by atoms with Crippen molar-refractivity contribution < 1.29 is 9.59 Å². The first-order valence-corrected chi connectivity index (χ1v) is 11.9. The average Bonchev–Trinajstić information content (AvgIpc) is 3.51. The van der Waals surface area contributed by atoms with Crippen LogP contribution in [0.15, 0.2) is 29.3 Å². The first-order chi connectivity index (χ1) is 15.2. The molecule has 3 heterocycles. The molecule has 8 heteroatoms. The van der Waals surface area contributed by atoms with Gasteiger partial charge in [0.2, 0.25) is 0 Å². The van der Waals surface area contributed by atoms with E-state index in [-0.39, 0.29) is 35.8 Å². The molecule has 3 aliphatic heterocycles. The first-order valence-electron chi connectivity index (χ1n) is 11.9. The second-order valence-corrected chi connectivity index (χ2v) is 8.86. The minimum Gasteiger partial charge on any atom is -0.357 e. The normalized spacial score (nSPS) is 21.3. The van der Waals surface area contributed by atoms with E-state index in [4.69, 9.17) is 4.99 Å². The van der Waals surface area contributed by atoms with E-state index in [1.165, 1.54) is 43.8 Å². The highest BCUT2D eigenvalue weighted by Crippen LogP contribution is 2.23. The summed E-state index contributed by atoms with van der Waals surface area (Å²) in [6.45, 7) is 10.0. The van der Waals surface area contributed by atoms with Gasteiger partial charge in [-0.25, -0.2) is 0 Å². The number of imide groups is 1. The van der Waals surface area contributed by atoms with Gasteiger partial charge in [0.05, 0.1) is 11.1 Å². The molecule has 2 saturated heterocycles. The number of nitrogens with one attached hydrogen (secondary N) is 1. The summed E-state index contributed by atoms with van der Waals surface area (Å²) in [4.78, 5) is 36.1. The smallest absolute Gasteiger partial charge is 0.261 e. The van der Waals surface area contributed by atoms with Crippen LogP contribution in [0.4, 0.5) is 0 Å². The van der Waals surface area contributed by atoms with Crippen LogP contribution in [-0.2, 0) is 0 Å². The molecule has 0 spiro atoms. The summed E-state index contributed by atoms with van der Waals surface area (Å²) in [6, 6.07) is 7.07. The number of amides is 2. The second kappa shape index (κ2) is 12.0. The molecule has 1 aromatic carbocycles. The fraction of sp³-hybridized carbons (Fsp3) is 0.625. The van der Waals surface area contributed by atoms with Gasteiger partial charge in [-0.15, -0.1) is 24.0 Å². The highest BCUT2D eigenvalue weighted by Gasteiger charge is 2.34. The summed E-state index contributed by atoms with van der Waals surface area (Å²) in [5.41, 5.74) is 1.05. The number of carbonyl (C=O) groups is 2. The minimum atomic E-state index is -0.168. The van der Waals surface area contributed by atoms with Gasteiger partial charge in [0.1, 0.15) is 0 Å². The van der Waals surface area contributed by atoms with E-state index in [9.17, 15) is 9.59 Å². The zero-order valence-electron chi connectivity index (χ0n) is 19.1. The van der Waals surface area contributed by atoms with E-state index in [1.807, 2.05) is 0 Å². The molecule has 7 nitrogen and oxygen atoms in total. The van der Waals surface area contributed by atoms with Crippen LogP contribution in [-0.4, -0.2) is 84.8 Å². The minimum absolute atomic E-state index is 0. The Balaban J connectivity index is 0.00000289. The lowest BCUT2D eigenvalue weighted by atomic mass is 10.1. The van der Waals surface area contributed by atoms with E-state index in [0.29, 0.717) is 24.2 Å². The van der Waals surface area contributed by atoms with Crippen LogP contribution in [0.25, 0.3) is 0 Å². The predicted octanol–water partition coefficient (Wildman–Crippen LogP) is 3.06. The monoisotopic (exact) mass is 553 g/mol. The molecule has 2 fully saturated rings. The maximum Gasteiger partial charge on any atom is 0.261 e. The maximum atomic E-state index is 12.5. The fourth-order valence-corrected chi connectivity index (χ4v) is 4.94. The third-order valence-corrected chi connectivity index (χ3v) is 6.56. The van der Waals surface area contributed by atoms with Gasteiger partial charge >= 0.3 is 0 Å². The van der Waals surface area contributed by atoms with Crippen molar-refractivity contribution in [2.45, 2.75) is 39.0 Å². The summed E-state index contributed by atoms with van der Waals surface area (Å²) >= 11 is 0. The summed E-state index contributed by atoms with van der Waals surface area (Å²) in [5.74, 6) is 1.40. The zero-order chi connectivity index (χ0) is 21.6. The van der Waals surface area contributed by atoms with E-state index < -0.39 is 0 Å². The number of fused-ring (bicyclic) bond motifs is 1. The Bertz CT molecular complexity index is 789. The SMILES string of the molecule is CCNC(=NCCCCN1C(=O)c2ccccc2C1=O)N1CCC(CN2CCCC2)C1.I.